The summed E-state index contributed by atoms with van der Waals surface area (Å²) in [5, 5.41) is 2.67. The Morgan fingerprint density at radius 2 is 2.17 bits per heavy atom. The average molecular weight is 320 g/mol. The van der Waals surface area contributed by atoms with Crippen molar-refractivity contribution in [3.8, 4) is 0 Å². The molecule has 126 valence electrons. The Morgan fingerprint density at radius 3 is 2.83 bits per heavy atom. The number of ether oxygens (including phenoxy) is 2. The van der Waals surface area contributed by atoms with Gasteiger partial charge in [-0.3, -0.25) is 0 Å². The summed E-state index contributed by atoms with van der Waals surface area (Å²) in [6.07, 6.45) is -0.472. The van der Waals surface area contributed by atoms with Crippen molar-refractivity contribution in [3.05, 3.63) is 29.6 Å². The molecule has 0 bridgehead atoms. The first kappa shape index (κ1) is 17.2. The van der Waals surface area contributed by atoms with Gasteiger partial charge < -0.3 is 25.5 Å². The van der Waals surface area contributed by atoms with Crippen molar-refractivity contribution in [2.24, 2.45) is 5.73 Å². The van der Waals surface area contributed by atoms with E-state index in [1.807, 2.05) is 39.0 Å². The maximum atomic E-state index is 11.7. The third-order valence-corrected chi connectivity index (χ3v) is 3.13. The molecule has 0 spiro atoms. The average Bonchev–Trinajstić information content (AvgIpc) is 2.85. The molecule has 1 atom stereocenters. The standard InChI is InChI=1S/C16H24N4O3/c1-16(2,3)23-15(21)18-8-14-19-12-6-5-10(7-13(12)20-14)11(17)9-22-4/h5-7,11H,8-9,17H2,1-4H3,(H,18,21)(H,19,20). The highest BCUT2D eigenvalue weighted by molar-refractivity contribution is 5.76. The number of hydrogen-bond acceptors (Lipinski definition) is 5. The van der Waals surface area contributed by atoms with Crippen LogP contribution in [-0.2, 0) is 16.0 Å². The molecule has 1 amide bonds. The molecule has 2 rings (SSSR count). The van der Waals surface area contributed by atoms with Gasteiger partial charge in [0.1, 0.15) is 11.4 Å². The number of carbonyl (C=O) groups is 1. The van der Waals surface area contributed by atoms with Gasteiger partial charge in [-0.25, -0.2) is 9.78 Å². The van der Waals surface area contributed by atoms with Crippen molar-refractivity contribution in [2.75, 3.05) is 13.7 Å². The predicted octanol–water partition coefficient (Wildman–Crippen LogP) is 2.23. The third-order valence-electron chi connectivity index (χ3n) is 3.13. The fourth-order valence-electron chi connectivity index (χ4n) is 2.14. The zero-order chi connectivity index (χ0) is 17.0. The van der Waals surface area contributed by atoms with Gasteiger partial charge in [-0.1, -0.05) is 6.07 Å². The molecule has 2 aromatic rings. The van der Waals surface area contributed by atoms with E-state index in [9.17, 15) is 4.79 Å². The van der Waals surface area contributed by atoms with Crippen molar-refractivity contribution in [2.45, 2.75) is 39.0 Å². The Hall–Kier alpha value is -2.12. The Balaban J connectivity index is 2.04. The van der Waals surface area contributed by atoms with Crippen LogP contribution in [0.25, 0.3) is 11.0 Å². The number of benzene rings is 1. The number of methoxy groups -OCH3 is 1. The first-order chi connectivity index (χ1) is 10.8. The van der Waals surface area contributed by atoms with E-state index >= 15 is 0 Å². The molecule has 0 fully saturated rings. The summed E-state index contributed by atoms with van der Waals surface area (Å²) in [6.45, 7) is 6.17. The Kier molecular flexibility index (Phi) is 5.23. The molecule has 1 aromatic heterocycles. The van der Waals surface area contributed by atoms with Crippen LogP contribution in [0.15, 0.2) is 18.2 Å². The smallest absolute Gasteiger partial charge is 0.408 e. The Bertz CT molecular complexity index is 676. The summed E-state index contributed by atoms with van der Waals surface area (Å²) < 4.78 is 10.3. The van der Waals surface area contributed by atoms with Crippen molar-refractivity contribution in [3.63, 3.8) is 0 Å². The highest BCUT2D eigenvalue weighted by Gasteiger charge is 2.16. The lowest BCUT2D eigenvalue weighted by Crippen LogP contribution is -2.32. The molecule has 1 heterocycles. The quantitative estimate of drug-likeness (QED) is 0.784. The lowest BCUT2D eigenvalue weighted by molar-refractivity contribution is 0.0522. The number of aromatic amines is 1. The third kappa shape index (κ3) is 4.94. The second-order valence-electron chi connectivity index (χ2n) is 6.38. The first-order valence-corrected chi connectivity index (χ1v) is 7.48. The number of nitrogens with two attached hydrogens (primary N) is 1. The number of nitrogens with one attached hydrogen (secondary N) is 2. The number of nitrogens with zero attached hydrogens (tertiary/aromatic N) is 1. The van der Waals surface area contributed by atoms with E-state index in [1.54, 1.807) is 7.11 Å². The Labute approximate surface area is 135 Å². The lowest BCUT2D eigenvalue weighted by Gasteiger charge is -2.19. The van der Waals surface area contributed by atoms with E-state index in [0.29, 0.717) is 12.4 Å². The molecule has 23 heavy (non-hydrogen) atoms. The second-order valence-corrected chi connectivity index (χ2v) is 6.38. The molecule has 0 aliphatic rings. The van der Waals surface area contributed by atoms with Crippen LogP contribution in [0.2, 0.25) is 0 Å². The normalized spacial score (nSPS) is 13.1. The summed E-state index contributed by atoms with van der Waals surface area (Å²) in [6, 6.07) is 5.59. The number of imidazole rings is 1. The fraction of sp³-hybridized carbons (Fsp3) is 0.500. The molecular formula is C16H24N4O3. The van der Waals surface area contributed by atoms with Gasteiger partial charge in [-0.15, -0.1) is 0 Å². The van der Waals surface area contributed by atoms with E-state index in [2.05, 4.69) is 15.3 Å². The monoisotopic (exact) mass is 320 g/mol. The van der Waals surface area contributed by atoms with Crippen LogP contribution < -0.4 is 11.1 Å². The maximum absolute atomic E-state index is 11.7. The molecule has 1 aromatic carbocycles. The lowest BCUT2D eigenvalue weighted by atomic mass is 10.1. The number of rotatable bonds is 5. The maximum Gasteiger partial charge on any atom is 0.408 e. The molecule has 0 saturated carbocycles. The first-order valence-electron chi connectivity index (χ1n) is 7.48. The number of alkyl carbamates (subject to hydrolysis) is 1. The largest absolute Gasteiger partial charge is 0.444 e. The van der Waals surface area contributed by atoms with Crippen LogP contribution >= 0.6 is 0 Å². The molecule has 0 aliphatic carbocycles. The van der Waals surface area contributed by atoms with Crippen LogP contribution in [0.4, 0.5) is 4.79 Å². The summed E-state index contributed by atoms with van der Waals surface area (Å²) in [7, 11) is 1.62. The van der Waals surface area contributed by atoms with Gasteiger partial charge in [-0.05, 0) is 38.5 Å². The van der Waals surface area contributed by atoms with Crippen molar-refractivity contribution in [1.29, 1.82) is 0 Å². The summed E-state index contributed by atoms with van der Waals surface area (Å²) in [5.74, 6) is 0.656. The molecular weight excluding hydrogens is 296 g/mol. The van der Waals surface area contributed by atoms with E-state index in [4.69, 9.17) is 15.2 Å². The molecule has 1 unspecified atom stereocenters. The van der Waals surface area contributed by atoms with Gasteiger partial charge in [0, 0.05) is 7.11 Å². The fourth-order valence-corrected chi connectivity index (χ4v) is 2.14. The number of fused-ring (bicyclic) bond motifs is 1. The van der Waals surface area contributed by atoms with E-state index < -0.39 is 11.7 Å². The van der Waals surface area contributed by atoms with Crippen molar-refractivity contribution < 1.29 is 14.3 Å². The number of hydrogen-bond donors (Lipinski definition) is 3. The zero-order valence-corrected chi connectivity index (χ0v) is 14.0. The number of aromatic nitrogens is 2. The van der Waals surface area contributed by atoms with Gasteiger partial charge in [0.25, 0.3) is 0 Å². The summed E-state index contributed by atoms with van der Waals surface area (Å²) in [4.78, 5) is 19.3. The molecule has 0 saturated heterocycles. The van der Waals surface area contributed by atoms with Crippen LogP contribution in [0.3, 0.4) is 0 Å². The Morgan fingerprint density at radius 1 is 1.43 bits per heavy atom. The summed E-state index contributed by atoms with van der Waals surface area (Å²) >= 11 is 0. The van der Waals surface area contributed by atoms with Crippen LogP contribution in [0.5, 0.6) is 0 Å². The minimum atomic E-state index is -0.523. The topological polar surface area (TPSA) is 102 Å². The zero-order valence-electron chi connectivity index (χ0n) is 14.0. The second kappa shape index (κ2) is 6.97. The summed E-state index contributed by atoms with van der Waals surface area (Å²) in [5.41, 5.74) is 8.16. The highest BCUT2D eigenvalue weighted by Crippen LogP contribution is 2.18. The van der Waals surface area contributed by atoms with Gasteiger partial charge in [0.15, 0.2) is 0 Å². The van der Waals surface area contributed by atoms with Gasteiger partial charge in [0.2, 0.25) is 0 Å². The minimum Gasteiger partial charge on any atom is -0.444 e. The van der Waals surface area contributed by atoms with Crippen molar-refractivity contribution in [1.82, 2.24) is 15.3 Å². The van der Waals surface area contributed by atoms with E-state index in [0.717, 1.165) is 16.6 Å². The number of amides is 1. The molecule has 4 N–H and O–H groups in total. The highest BCUT2D eigenvalue weighted by atomic mass is 16.6. The van der Waals surface area contributed by atoms with E-state index in [1.165, 1.54) is 0 Å². The van der Waals surface area contributed by atoms with Gasteiger partial charge in [-0.2, -0.15) is 0 Å². The van der Waals surface area contributed by atoms with Gasteiger partial charge in [0.05, 0.1) is 30.2 Å². The molecule has 7 nitrogen and oxygen atoms in total. The molecule has 0 aliphatic heterocycles. The van der Waals surface area contributed by atoms with Crippen LogP contribution in [-0.4, -0.2) is 35.4 Å². The van der Waals surface area contributed by atoms with Gasteiger partial charge >= 0.3 is 6.09 Å². The van der Waals surface area contributed by atoms with Crippen molar-refractivity contribution >= 4 is 17.1 Å². The SMILES string of the molecule is COCC(N)c1ccc2nc(CNC(=O)OC(C)(C)C)[nH]c2c1. The van der Waals surface area contributed by atoms with Crippen LogP contribution in [0.1, 0.15) is 38.2 Å². The number of H-pyrrole nitrogens is 1. The van der Waals surface area contributed by atoms with E-state index in [-0.39, 0.29) is 12.6 Å². The molecule has 7 heteroatoms. The molecule has 0 radical (unpaired) electrons. The predicted molar refractivity (Wildman–Crippen MR) is 88.0 cm³/mol. The number of carbonyl (C=O) groups excluding carboxylic acids is 1. The minimum absolute atomic E-state index is 0.184. The van der Waals surface area contributed by atoms with Crippen LogP contribution in [0, 0.1) is 0 Å².